The molecule has 1 rings (SSSR count). The monoisotopic (exact) mass is 425 g/mol. The Labute approximate surface area is 175 Å². The molecule has 28 heavy (non-hydrogen) atoms. The van der Waals surface area contributed by atoms with Gasteiger partial charge in [0.1, 0.15) is 11.6 Å². The first-order chi connectivity index (χ1) is 12.6. The minimum absolute atomic E-state index is 0.00660. The van der Waals surface area contributed by atoms with E-state index < -0.39 is 32.2 Å². The highest BCUT2D eigenvalue weighted by molar-refractivity contribution is 8.13. The molecule has 0 bridgehead atoms. The SMILES string of the molecule is CC(O[Si](C)(C)C(C)(C)C)C(NC(=O)OC(C)(C)C)C(=O)Sc1ccccc1. The first-order valence-corrected chi connectivity index (χ1v) is 13.3. The summed E-state index contributed by atoms with van der Waals surface area (Å²) >= 11 is 1.10. The van der Waals surface area contributed by atoms with Crippen molar-refractivity contribution in [3.05, 3.63) is 30.3 Å². The molecule has 0 aromatic heterocycles. The number of hydrogen-bond donors (Lipinski definition) is 1. The number of benzene rings is 1. The van der Waals surface area contributed by atoms with Gasteiger partial charge in [-0.05, 0) is 69.7 Å². The number of alkyl carbamates (subject to hydrolysis) is 1. The standard InChI is InChI=1S/C21H35NO4SSi/c1-15(26-28(8,9)21(5,6)7)17(22-19(24)25-20(2,3)4)18(23)27-16-13-11-10-12-14-16/h10-15,17H,1-9H3,(H,22,24). The number of rotatable bonds is 6. The fraction of sp³-hybridized carbons (Fsp3) is 0.619. The molecule has 0 spiro atoms. The lowest BCUT2D eigenvalue weighted by Gasteiger charge is -2.40. The van der Waals surface area contributed by atoms with Crippen molar-refractivity contribution in [1.82, 2.24) is 5.32 Å². The minimum atomic E-state index is -2.12. The highest BCUT2D eigenvalue weighted by Gasteiger charge is 2.41. The van der Waals surface area contributed by atoms with Crippen LogP contribution in [-0.2, 0) is 14.0 Å². The molecule has 1 amide bonds. The van der Waals surface area contributed by atoms with Gasteiger partial charge in [-0.15, -0.1) is 0 Å². The van der Waals surface area contributed by atoms with Crippen LogP contribution < -0.4 is 5.32 Å². The van der Waals surface area contributed by atoms with Gasteiger partial charge in [-0.3, -0.25) is 4.79 Å². The van der Waals surface area contributed by atoms with Crippen LogP contribution in [0.5, 0.6) is 0 Å². The Hall–Kier alpha value is -1.31. The van der Waals surface area contributed by atoms with Gasteiger partial charge in [0, 0.05) is 4.90 Å². The molecule has 0 radical (unpaired) electrons. The summed E-state index contributed by atoms with van der Waals surface area (Å²) < 4.78 is 11.7. The molecule has 0 saturated heterocycles. The third-order valence-electron chi connectivity index (χ3n) is 4.64. The number of nitrogens with one attached hydrogen (secondary N) is 1. The van der Waals surface area contributed by atoms with Crippen LogP contribution in [0.2, 0.25) is 18.1 Å². The van der Waals surface area contributed by atoms with Crippen LogP contribution in [0.25, 0.3) is 0 Å². The van der Waals surface area contributed by atoms with Gasteiger partial charge in [-0.25, -0.2) is 4.79 Å². The topological polar surface area (TPSA) is 64.6 Å². The van der Waals surface area contributed by atoms with Crippen molar-refractivity contribution < 1.29 is 18.8 Å². The first kappa shape index (κ1) is 24.7. The second-order valence-corrected chi connectivity index (χ2v) is 15.3. The molecule has 0 fully saturated rings. The molecule has 0 heterocycles. The van der Waals surface area contributed by atoms with E-state index in [4.69, 9.17) is 9.16 Å². The Balaban J connectivity index is 3.02. The smallest absolute Gasteiger partial charge is 0.408 e. The number of ether oxygens (including phenoxy) is 1. The van der Waals surface area contributed by atoms with Crippen LogP contribution in [0.1, 0.15) is 48.5 Å². The normalized spacial score (nSPS) is 14.9. The van der Waals surface area contributed by atoms with Crippen molar-refractivity contribution in [2.24, 2.45) is 0 Å². The lowest BCUT2D eigenvalue weighted by atomic mass is 10.2. The number of carbonyl (C=O) groups is 2. The summed E-state index contributed by atoms with van der Waals surface area (Å²) in [5, 5.41) is 2.55. The van der Waals surface area contributed by atoms with E-state index in [9.17, 15) is 9.59 Å². The van der Waals surface area contributed by atoms with Crippen LogP contribution >= 0.6 is 11.8 Å². The van der Waals surface area contributed by atoms with Crippen LogP contribution in [0, 0.1) is 0 Å². The van der Waals surface area contributed by atoms with Gasteiger partial charge in [0.2, 0.25) is 5.12 Å². The molecule has 0 aliphatic rings. The van der Waals surface area contributed by atoms with Gasteiger partial charge < -0.3 is 14.5 Å². The van der Waals surface area contributed by atoms with E-state index in [1.807, 2.05) is 37.3 Å². The Morgan fingerprint density at radius 1 is 1.04 bits per heavy atom. The maximum Gasteiger partial charge on any atom is 0.408 e. The lowest BCUT2D eigenvalue weighted by Crippen LogP contribution is -2.53. The fourth-order valence-electron chi connectivity index (χ4n) is 2.18. The molecule has 1 aromatic carbocycles. The Morgan fingerprint density at radius 3 is 2.04 bits per heavy atom. The second kappa shape index (κ2) is 9.46. The van der Waals surface area contributed by atoms with E-state index in [0.29, 0.717) is 0 Å². The van der Waals surface area contributed by atoms with Crippen molar-refractivity contribution in [1.29, 1.82) is 0 Å². The van der Waals surface area contributed by atoms with E-state index in [1.165, 1.54) is 0 Å². The van der Waals surface area contributed by atoms with E-state index in [-0.39, 0.29) is 10.2 Å². The average molecular weight is 426 g/mol. The molecule has 0 aliphatic carbocycles. The summed E-state index contributed by atoms with van der Waals surface area (Å²) in [4.78, 5) is 26.2. The fourth-order valence-corrected chi connectivity index (χ4v) is 4.50. The molecule has 7 heteroatoms. The molecule has 0 saturated carbocycles. The quantitative estimate of drug-likeness (QED) is 0.474. The number of thioether (sulfide) groups is 1. The zero-order chi connectivity index (χ0) is 21.8. The third-order valence-corrected chi connectivity index (χ3v) is 10.2. The van der Waals surface area contributed by atoms with Crippen LogP contribution in [0.4, 0.5) is 4.79 Å². The molecule has 158 valence electrons. The summed E-state index contributed by atoms with van der Waals surface area (Å²) in [6.45, 7) is 17.9. The summed E-state index contributed by atoms with van der Waals surface area (Å²) in [5.41, 5.74) is -0.645. The summed E-state index contributed by atoms with van der Waals surface area (Å²) in [7, 11) is -2.12. The highest BCUT2D eigenvalue weighted by atomic mass is 32.2. The zero-order valence-corrected chi connectivity index (χ0v) is 20.4. The second-order valence-electron chi connectivity index (χ2n) is 9.44. The van der Waals surface area contributed by atoms with Gasteiger partial charge in [0.15, 0.2) is 8.32 Å². The molecule has 0 aliphatic heterocycles. The van der Waals surface area contributed by atoms with E-state index in [0.717, 1.165) is 16.7 Å². The van der Waals surface area contributed by atoms with Gasteiger partial charge in [0.05, 0.1) is 6.10 Å². The number of amides is 1. The Bertz CT molecular complexity index is 665. The molecule has 1 aromatic rings. The number of hydrogen-bond acceptors (Lipinski definition) is 5. The van der Waals surface area contributed by atoms with Gasteiger partial charge in [-0.2, -0.15) is 0 Å². The summed E-state index contributed by atoms with van der Waals surface area (Å²) in [5.74, 6) is 0. The molecule has 1 N–H and O–H groups in total. The van der Waals surface area contributed by atoms with Crippen LogP contribution in [0.3, 0.4) is 0 Å². The Morgan fingerprint density at radius 2 is 1.57 bits per heavy atom. The van der Waals surface area contributed by atoms with Crippen molar-refractivity contribution in [2.45, 2.75) is 89.2 Å². The minimum Gasteiger partial charge on any atom is -0.444 e. The van der Waals surface area contributed by atoms with Gasteiger partial charge >= 0.3 is 6.09 Å². The third kappa shape index (κ3) is 7.97. The summed E-state index contributed by atoms with van der Waals surface area (Å²) in [6.07, 6.45) is -1.10. The predicted octanol–water partition coefficient (Wildman–Crippen LogP) is 5.61. The predicted molar refractivity (Wildman–Crippen MR) is 118 cm³/mol. The largest absolute Gasteiger partial charge is 0.444 e. The first-order valence-electron chi connectivity index (χ1n) is 9.56. The highest BCUT2D eigenvalue weighted by Crippen LogP contribution is 2.38. The summed E-state index contributed by atoms with van der Waals surface area (Å²) in [6, 6.07) is 8.57. The van der Waals surface area contributed by atoms with Crippen LogP contribution in [-0.4, -0.2) is 37.3 Å². The average Bonchev–Trinajstić information content (AvgIpc) is 2.50. The molecular formula is C21H35NO4SSi. The van der Waals surface area contributed by atoms with E-state index in [1.54, 1.807) is 20.8 Å². The zero-order valence-electron chi connectivity index (χ0n) is 18.6. The van der Waals surface area contributed by atoms with Crippen LogP contribution in [0.15, 0.2) is 35.2 Å². The van der Waals surface area contributed by atoms with Crippen molar-refractivity contribution >= 4 is 31.3 Å². The van der Waals surface area contributed by atoms with Gasteiger partial charge in [-0.1, -0.05) is 39.0 Å². The van der Waals surface area contributed by atoms with Crippen molar-refractivity contribution in [3.63, 3.8) is 0 Å². The number of carbonyl (C=O) groups excluding carboxylic acids is 2. The molecule has 2 atom stereocenters. The molecule has 2 unspecified atom stereocenters. The maximum atomic E-state index is 13.0. The molecule has 5 nitrogen and oxygen atoms in total. The van der Waals surface area contributed by atoms with Crippen molar-refractivity contribution in [3.8, 4) is 0 Å². The van der Waals surface area contributed by atoms with Gasteiger partial charge in [0.25, 0.3) is 0 Å². The molecular weight excluding hydrogens is 390 g/mol. The van der Waals surface area contributed by atoms with E-state index in [2.05, 4.69) is 39.2 Å². The Kier molecular flexibility index (Phi) is 8.35. The van der Waals surface area contributed by atoms with E-state index >= 15 is 0 Å². The maximum absolute atomic E-state index is 13.0. The lowest BCUT2D eigenvalue weighted by molar-refractivity contribution is -0.114. The van der Waals surface area contributed by atoms with Crippen molar-refractivity contribution in [2.75, 3.05) is 0 Å².